The molecule has 0 aliphatic rings. The van der Waals surface area contributed by atoms with Crippen LogP contribution < -0.4 is 10.1 Å². The lowest BCUT2D eigenvalue weighted by Crippen LogP contribution is -2.27. The third-order valence-corrected chi connectivity index (χ3v) is 4.50. The van der Waals surface area contributed by atoms with E-state index in [2.05, 4.69) is 10.4 Å². The Labute approximate surface area is 176 Å². The van der Waals surface area contributed by atoms with Crippen molar-refractivity contribution in [2.75, 3.05) is 13.2 Å². The van der Waals surface area contributed by atoms with Crippen LogP contribution in [0.4, 0.5) is 17.6 Å². The van der Waals surface area contributed by atoms with Crippen LogP contribution in [0.1, 0.15) is 34.5 Å². The Morgan fingerprint density at radius 1 is 1.06 bits per heavy atom. The van der Waals surface area contributed by atoms with E-state index < -0.39 is 23.3 Å². The van der Waals surface area contributed by atoms with Gasteiger partial charge < -0.3 is 10.1 Å². The normalized spacial score (nSPS) is 11.4. The predicted octanol–water partition coefficient (Wildman–Crippen LogP) is 4.93. The first-order chi connectivity index (χ1) is 14.8. The summed E-state index contributed by atoms with van der Waals surface area (Å²) in [7, 11) is 0. The molecule has 0 saturated heterocycles. The molecular weight excluding hydrogens is 414 g/mol. The van der Waals surface area contributed by atoms with E-state index in [-0.39, 0.29) is 18.0 Å². The van der Waals surface area contributed by atoms with Crippen molar-refractivity contribution in [3.05, 3.63) is 77.4 Å². The number of aromatic nitrogens is 2. The number of unbranched alkanes of at least 4 members (excludes halogenated alkanes) is 1. The van der Waals surface area contributed by atoms with Gasteiger partial charge in [-0.05, 0) is 56.2 Å². The second kappa shape index (κ2) is 9.63. The maximum atomic E-state index is 13.7. The van der Waals surface area contributed by atoms with E-state index in [1.807, 2.05) is 6.92 Å². The predicted molar refractivity (Wildman–Crippen MR) is 107 cm³/mol. The van der Waals surface area contributed by atoms with Crippen LogP contribution in [0.2, 0.25) is 0 Å². The molecule has 0 saturated carbocycles. The van der Waals surface area contributed by atoms with E-state index in [9.17, 15) is 22.4 Å². The highest BCUT2D eigenvalue weighted by atomic mass is 19.4. The van der Waals surface area contributed by atoms with Crippen LogP contribution in [0.15, 0.2) is 54.7 Å². The fourth-order valence-corrected chi connectivity index (χ4v) is 2.91. The summed E-state index contributed by atoms with van der Waals surface area (Å²) in [6, 6.07) is 11.9. The summed E-state index contributed by atoms with van der Waals surface area (Å²) < 4.78 is 60.0. The number of amides is 1. The highest BCUT2D eigenvalue weighted by Crippen LogP contribution is 2.33. The molecule has 0 unspecified atom stereocenters. The molecule has 164 valence electrons. The Kier molecular flexibility index (Phi) is 6.94. The first kappa shape index (κ1) is 22.3. The Bertz CT molecular complexity index is 1010. The molecule has 2 aromatic carbocycles. The van der Waals surface area contributed by atoms with Gasteiger partial charge in [0.05, 0.1) is 24.1 Å². The third kappa shape index (κ3) is 5.84. The number of carbonyl (C=O) groups is 1. The maximum Gasteiger partial charge on any atom is 0.434 e. The van der Waals surface area contributed by atoms with Crippen molar-refractivity contribution in [1.29, 1.82) is 0 Å². The van der Waals surface area contributed by atoms with Gasteiger partial charge in [0.2, 0.25) is 0 Å². The van der Waals surface area contributed by atoms with Gasteiger partial charge in [-0.3, -0.25) is 4.79 Å². The van der Waals surface area contributed by atoms with Crippen molar-refractivity contribution in [3.63, 3.8) is 0 Å². The smallest absolute Gasteiger partial charge is 0.434 e. The average Bonchev–Trinajstić information content (AvgIpc) is 3.18. The Morgan fingerprint density at radius 3 is 2.39 bits per heavy atom. The highest BCUT2D eigenvalue weighted by molar-refractivity contribution is 5.95. The molecule has 9 heteroatoms. The summed E-state index contributed by atoms with van der Waals surface area (Å²) in [6.45, 7) is 2.33. The molecule has 1 amide bonds. The summed E-state index contributed by atoms with van der Waals surface area (Å²) in [5.74, 6) is -0.687. The lowest BCUT2D eigenvalue weighted by molar-refractivity contribution is -0.143. The lowest BCUT2D eigenvalue weighted by Gasteiger charge is -2.13. The molecule has 0 spiro atoms. The zero-order chi connectivity index (χ0) is 22.4. The summed E-state index contributed by atoms with van der Waals surface area (Å²) in [6.07, 6.45) is -2.76. The summed E-state index contributed by atoms with van der Waals surface area (Å²) >= 11 is 0. The topological polar surface area (TPSA) is 56.2 Å². The van der Waals surface area contributed by atoms with Crippen LogP contribution in [0.3, 0.4) is 0 Å². The number of hydrogen-bond acceptors (Lipinski definition) is 3. The van der Waals surface area contributed by atoms with E-state index in [4.69, 9.17) is 4.74 Å². The number of halogens is 4. The van der Waals surface area contributed by atoms with Crippen molar-refractivity contribution in [1.82, 2.24) is 15.1 Å². The van der Waals surface area contributed by atoms with Crippen LogP contribution in [-0.4, -0.2) is 28.8 Å². The third-order valence-electron chi connectivity index (χ3n) is 4.50. The van der Waals surface area contributed by atoms with Gasteiger partial charge in [0, 0.05) is 6.54 Å². The van der Waals surface area contributed by atoms with Gasteiger partial charge in [-0.15, -0.1) is 0 Å². The number of hydrogen-bond donors (Lipinski definition) is 1. The van der Waals surface area contributed by atoms with Crippen molar-refractivity contribution in [3.8, 4) is 11.4 Å². The zero-order valence-corrected chi connectivity index (χ0v) is 16.7. The van der Waals surface area contributed by atoms with Gasteiger partial charge in [0.15, 0.2) is 5.69 Å². The van der Waals surface area contributed by atoms with E-state index in [0.29, 0.717) is 25.2 Å². The molecule has 1 aromatic heterocycles. The second-order valence-corrected chi connectivity index (χ2v) is 6.92. The number of carbonyl (C=O) groups excluding carboxylic acids is 1. The monoisotopic (exact) mass is 435 g/mol. The number of alkyl halides is 3. The van der Waals surface area contributed by atoms with Gasteiger partial charge in [-0.25, -0.2) is 9.07 Å². The van der Waals surface area contributed by atoms with Crippen LogP contribution in [0, 0.1) is 12.7 Å². The number of aryl methyl sites for hydroxylation is 1. The molecule has 0 radical (unpaired) electrons. The molecular formula is C22H21F4N3O2. The number of rotatable bonds is 8. The van der Waals surface area contributed by atoms with Crippen molar-refractivity contribution in [2.24, 2.45) is 0 Å². The highest BCUT2D eigenvalue weighted by Gasteiger charge is 2.40. The van der Waals surface area contributed by atoms with E-state index >= 15 is 0 Å². The zero-order valence-electron chi connectivity index (χ0n) is 16.7. The van der Waals surface area contributed by atoms with Crippen molar-refractivity contribution >= 4 is 5.91 Å². The molecule has 0 aliphatic carbocycles. The van der Waals surface area contributed by atoms with E-state index in [1.54, 1.807) is 12.1 Å². The first-order valence-corrected chi connectivity index (χ1v) is 9.64. The SMILES string of the molecule is Cc1ccc(-n2ncc(C(=O)NCCCCOc3ccc(F)cc3)c2C(F)(F)F)cc1. The minimum absolute atomic E-state index is 0.179. The van der Waals surface area contributed by atoms with Crippen LogP contribution >= 0.6 is 0 Å². The van der Waals surface area contributed by atoms with Gasteiger partial charge >= 0.3 is 6.18 Å². The molecule has 0 atom stereocenters. The van der Waals surface area contributed by atoms with E-state index in [1.165, 1.54) is 36.4 Å². The molecule has 0 bridgehead atoms. The molecule has 5 nitrogen and oxygen atoms in total. The minimum atomic E-state index is -4.75. The number of nitrogens with one attached hydrogen (secondary N) is 1. The standard InChI is InChI=1S/C22H21F4N3O2/c1-15-4-8-17(9-5-15)29-20(22(24,25)26)19(14-28-29)21(30)27-12-2-3-13-31-18-10-6-16(23)7-11-18/h4-11,14H,2-3,12-13H2,1H3,(H,27,30). The van der Waals surface area contributed by atoms with Crippen molar-refractivity contribution < 1.29 is 27.1 Å². The first-order valence-electron chi connectivity index (χ1n) is 9.64. The molecule has 1 heterocycles. The molecule has 3 rings (SSSR count). The summed E-state index contributed by atoms with van der Waals surface area (Å²) in [5, 5.41) is 6.28. The molecule has 31 heavy (non-hydrogen) atoms. The fourth-order valence-electron chi connectivity index (χ4n) is 2.91. The molecule has 1 N–H and O–H groups in total. The number of benzene rings is 2. The van der Waals surface area contributed by atoms with Crippen LogP contribution in [0.5, 0.6) is 5.75 Å². The minimum Gasteiger partial charge on any atom is -0.494 e. The largest absolute Gasteiger partial charge is 0.494 e. The summed E-state index contributed by atoms with van der Waals surface area (Å²) in [4.78, 5) is 12.4. The van der Waals surface area contributed by atoms with E-state index in [0.717, 1.165) is 16.4 Å². The Morgan fingerprint density at radius 2 is 1.74 bits per heavy atom. The van der Waals surface area contributed by atoms with Gasteiger partial charge in [-0.1, -0.05) is 17.7 Å². The average molecular weight is 435 g/mol. The number of nitrogens with zero attached hydrogens (tertiary/aromatic N) is 2. The van der Waals surface area contributed by atoms with Crippen molar-refractivity contribution in [2.45, 2.75) is 25.9 Å². The van der Waals surface area contributed by atoms with Gasteiger partial charge in [0.25, 0.3) is 5.91 Å². The van der Waals surface area contributed by atoms with Crippen LogP contribution in [-0.2, 0) is 6.18 Å². The Balaban J connectivity index is 1.57. The number of ether oxygens (including phenoxy) is 1. The van der Waals surface area contributed by atoms with Gasteiger partial charge in [0.1, 0.15) is 11.6 Å². The lowest BCUT2D eigenvalue weighted by atomic mass is 10.2. The molecule has 0 fully saturated rings. The molecule has 0 aliphatic heterocycles. The maximum absolute atomic E-state index is 13.7. The van der Waals surface area contributed by atoms with Crippen LogP contribution in [0.25, 0.3) is 5.69 Å². The molecule has 3 aromatic rings. The Hall–Kier alpha value is -3.36. The fraction of sp³-hybridized carbons (Fsp3) is 0.273. The quantitative estimate of drug-likeness (QED) is 0.403. The van der Waals surface area contributed by atoms with Gasteiger partial charge in [-0.2, -0.15) is 18.3 Å². The summed E-state index contributed by atoms with van der Waals surface area (Å²) in [5.41, 5.74) is -0.537. The second-order valence-electron chi connectivity index (χ2n) is 6.92.